The van der Waals surface area contributed by atoms with Gasteiger partial charge < -0.3 is 16.2 Å². The maximum Gasteiger partial charge on any atom is 0.337 e. The van der Waals surface area contributed by atoms with Gasteiger partial charge in [-0.15, -0.1) is 0 Å². The molecule has 220 valence electrons. The van der Waals surface area contributed by atoms with Crippen molar-refractivity contribution in [3.05, 3.63) is 53.6 Å². The van der Waals surface area contributed by atoms with Crippen LogP contribution in [-0.2, 0) is 4.74 Å². The molecule has 1 aromatic rings. The SMILES string of the molecule is C=C(C)C1CCCCC[C@]2(N)[C@H](CC[C@@H]3[C@@]4(C)CC=C(c5ccc(C(=O)OC)cc5)C(C)(C)[C@@H]4CC[C@]32C)[C@@H]1N. The van der Waals surface area contributed by atoms with Gasteiger partial charge in [0.2, 0.25) is 0 Å². The van der Waals surface area contributed by atoms with E-state index in [2.05, 4.69) is 59.4 Å². The van der Waals surface area contributed by atoms with Gasteiger partial charge in [-0.2, -0.15) is 0 Å². The number of esters is 1. The molecule has 3 fully saturated rings. The number of hydrogen-bond donors (Lipinski definition) is 2. The van der Waals surface area contributed by atoms with Crippen LogP contribution in [0.3, 0.4) is 0 Å². The summed E-state index contributed by atoms with van der Waals surface area (Å²) in [4.78, 5) is 12.0. The molecule has 4 nitrogen and oxygen atoms in total. The van der Waals surface area contributed by atoms with E-state index in [1.165, 1.54) is 62.3 Å². The first-order valence-corrected chi connectivity index (χ1v) is 15.9. The summed E-state index contributed by atoms with van der Waals surface area (Å²) in [6.07, 6.45) is 14.3. The lowest BCUT2D eigenvalue weighted by Crippen LogP contribution is -2.72. The summed E-state index contributed by atoms with van der Waals surface area (Å²) in [6.45, 7) is 16.6. The summed E-state index contributed by atoms with van der Waals surface area (Å²) in [6, 6.07) is 8.12. The van der Waals surface area contributed by atoms with E-state index in [1.54, 1.807) is 0 Å². The third-order valence-corrected chi connectivity index (χ3v) is 12.9. The summed E-state index contributed by atoms with van der Waals surface area (Å²) >= 11 is 0. The first kappa shape index (κ1) is 29.6. The second-order valence-electron chi connectivity index (χ2n) is 15.0. The van der Waals surface area contributed by atoms with Crippen LogP contribution >= 0.6 is 0 Å². The van der Waals surface area contributed by atoms with E-state index in [4.69, 9.17) is 16.2 Å². The molecule has 0 bridgehead atoms. The first-order chi connectivity index (χ1) is 18.8. The monoisotopic (exact) mass is 546 g/mol. The molecule has 1 unspecified atom stereocenters. The minimum Gasteiger partial charge on any atom is -0.465 e. The predicted octanol–water partition coefficient (Wildman–Crippen LogP) is 7.92. The Morgan fingerprint density at radius 3 is 2.30 bits per heavy atom. The quantitative estimate of drug-likeness (QED) is 0.298. The van der Waals surface area contributed by atoms with E-state index in [0.29, 0.717) is 29.2 Å². The van der Waals surface area contributed by atoms with Crippen molar-refractivity contribution in [3.63, 3.8) is 0 Å². The van der Waals surface area contributed by atoms with Crippen molar-refractivity contribution >= 4 is 11.5 Å². The Bertz CT molecular complexity index is 1170. The molecule has 4 N–H and O–H groups in total. The second-order valence-corrected chi connectivity index (χ2v) is 15.0. The number of benzene rings is 1. The third-order valence-electron chi connectivity index (χ3n) is 12.9. The van der Waals surface area contributed by atoms with Crippen LogP contribution in [-0.4, -0.2) is 24.7 Å². The summed E-state index contributed by atoms with van der Waals surface area (Å²) in [5, 5.41) is 0. The summed E-state index contributed by atoms with van der Waals surface area (Å²) in [5.41, 5.74) is 19.5. The fourth-order valence-electron chi connectivity index (χ4n) is 10.8. The molecule has 0 radical (unpaired) electrons. The third kappa shape index (κ3) is 4.35. The molecular formula is C36H54N2O2. The van der Waals surface area contributed by atoms with Gasteiger partial charge in [-0.3, -0.25) is 0 Å². The van der Waals surface area contributed by atoms with E-state index in [9.17, 15) is 4.79 Å². The van der Waals surface area contributed by atoms with Gasteiger partial charge in [0.1, 0.15) is 0 Å². The van der Waals surface area contributed by atoms with Crippen LogP contribution in [0.15, 0.2) is 42.5 Å². The van der Waals surface area contributed by atoms with Crippen LogP contribution in [0.25, 0.3) is 5.57 Å². The van der Waals surface area contributed by atoms with E-state index < -0.39 is 0 Å². The zero-order chi connectivity index (χ0) is 29.1. The molecule has 5 rings (SSSR count). The van der Waals surface area contributed by atoms with Crippen molar-refractivity contribution in [1.29, 1.82) is 0 Å². The van der Waals surface area contributed by atoms with Crippen LogP contribution < -0.4 is 11.5 Å². The van der Waals surface area contributed by atoms with E-state index >= 15 is 0 Å². The van der Waals surface area contributed by atoms with Crippen molar-refractivity contribution < 1.29 is 9.53 Å². The van der Waals surface area contributed by atoms with Gasteiger partial charge in [-0.05, 0) is 115 Å². The van der Waals surface area contributed by atoms with Crippen molar-refractivity contribution in [2.75, 3.05) is 7.11 Å². The fourth-order valence-corrected chi connectivity index (χ4v) is 10.8. The van der Waals surface area contributed by atoms with Crippen LogP contribution in [0.2, 0.25) is 0 Å². The number of carbonyl (C=O) groups is 1. The van der Waals surface area contributed by atoms with Crippen LogP contribution in [0.4, 0.5) is 0 Å². The molecule has 0 spiro atoms. The smallest absolute Gasteiger partial charge is 0.337 e. The zero-order valence-electron chi connectivity index (χ0n) is 26.0. The zero-order valence-corrected chi connectivity index (χ0v) is 26.0. The molecule has 40 heavy (non-hydrogen) atoms. The van der Waals surface area contributed by atoms with Gasteiger partial charge in [0.05, 0.1) is 12.7 Å². The average Bonchev–Trinajstić information content (AvgIpc) is 2.96. The number of nitrogens with two attached hydrogens (primary N) is 2. The average molecular weight is 547 g/mol. The lowest BCUT2D eigenvalue weighted by Gasteiger charge is -2.70. The van der Waals surface area contributed by atoms with Gasteiger partial charge in [-0.1, -0.05) is 77.3 Å². The first-order valence-electron chi connectivity index (χ1n) is 15.9. The molecule has 0 heterocycles. The van der Waals surface area contributed by atoms with E-state index in [0.717, 1.165) is 25.7 Å². The Kier molecular flexibility index (Phi) is 7.70. The molecule has 4 heteroatoms. The maximum absolute atomic E-state index is 12.0. The van der Waals surface area contributed by atoms with E-state index in [-0.39, 0.29) is 33.8 Å². The number of allylic oxidation sites excluding steroid dienone is 2. The van der Waals surface area contributed by atoms with Gasteiger partial charge in [0.25, 0.3) is 0 Å². The largest absolute Gasteiger partial charge is 0.465 e. The Labute approximate surface area is 243 Å². The molecule has 3 saturated carbocycles. The lowest BCUT2D eigenvalue weighted by atomic mass is 9.36. The topological polar surface area (TPSA) is 78.3 Å². The van der Waals surface area contributed by atoms with Crippen molar-refractivity contribution in [1.82, 2.24) is 0 Å². The minimum absolute atomic E-state index is 0.0274. The van der Waals surface area contributed by atoms with Gasteiger partial charge in [-0.25, -0.2) is 4.79 Å². The fraction of sp³-hybridized carbons (Fsp3) is 0.694. The molecule has 0 amide bonds. The lowest BCUT2D eigenvalue weighted by molar-refractivity contribution is -0.166. The van der Waals surface area contributed by atoms with Crippen molar-refractivity contribution in [3.8, 4) is 0 Å². The summed E-state index contributed by atoms with van der Waals surface area (Å²) < 4.78 is 4.92. The van der Waals surface area contributed by atoms with Crippen LogP contribution in [0.1, 0.15) is 115 Å². The Hall–Kier alpha value is -1.91. The highest BCUT2D eigenvalue weighted by atomic mass is 16.5. The van der Waals surface area contributed by atoms with Crippen LogP contribution in [0, 0.1) is 39.9 Å². The number of rotatable bonds is 3. The van der Waals surface area contributed by atoms with Gasteiger partial charge in [0, 0.05) is 11.6 Å². The maximum atomic E-state index is 12.0. The van der Waals surface area contributed by atoms with Crippen LogP contribution in [0.5, 0.6) is 0 Å². The highest BCUT2D eigenvalue weighted by Crippen LogP contribution is 2.71. The summed E-state index contributed by atoms with van der Waals surface area (Å²) in [5.74, 6) is 1.60. The summed E-state index contributed by atoms with van der Waals surface area (Å²) in [7, 11) is 1.43. The molecule has 8 atom stereocenters. The molecule has 4 aliphatic rings. The van der Waals surface area contributed by atoms with E-state index in [1.807, 2.05) is 12.1 Å². The molecule has 0 aromatic heterocycles. The normalized spacial score (nSPS) is 41.1. The Morgan fingerprint density at radius 1 is 0.950 bits per heavy atom. The number of carbonyl (C=O) groups excluding carboxylic acids is 1. The molecule has 4 aliphatic carbocycles. The van der Waals surface area contributed by atoms with Crippen molar-refractivity contribution in [2.45, 2.75) is 110 Å². The minimum atomic E-state index is -0.284. The number of fused-ring (bicyclic) bond motifs is 5. The van der Waals surface area contributed by atoms with Gasteiger partial charge >= 0.3 is 5.97 Å². The second kappa shape index (κ2) is 10.4. The predicted molar refractivity (Wildman–Crippen MR) is 166 cm³/mol. The number of methoxy groups -OCH3 is 1. The number of ether oxygens (including phenoxy) is 1. The Morgan fingerprint density at radius 2 is 1.65 bits per heavy atom. The standard InChI is InChI=1S/C36H54N2O2/c1-23(2)26-11-9-8-10-20-36(38)28(31(26)37)16-17-30-34(5)21-18-27(24-12-14-25(15-13-24)32(39)40-7)33(3,4)29(34)19-22-35(30,36)6/h12-15,18,26,28-31H,1,8-11,16-17,19-22,37-38H2,2-7H3/t26?,28-,29+,30-,31-,34+,35-,36+/m1/s1. The molecule has 1 aromatic carbocycles. The highest BCUT2D eigenvalue weighted by molar-refractivity contribution is 5.89. The number of hydrogen-bond acceptors (Lipinski definition) is 4. The molecule has 0 saturated heterocycles. The van der Waals surface area contributed by atoms with Gasteiger partial charge in [0.15, 0.2) is 0 Å². The molecule has 0 aliphatic heterocycles. The van der Waals surface area contributed by atoms with Crippen molar-refractivity contribution in [2.24, 2.45) is 51.4 Å². The molecular weight excluding hydrogens is 492 g/mol. The highest BCUT2D eigenvalue weighted by Gasteiger charge is 2.67. The Balaban J connectivity index is 1.50.